The van der Waals surface area contributed by atoms with Crippen LogP contribution in [0, 0.1) is 41.7 Å². The number of allylic oxidation sites excluding steroid dienone is 1. The van der Waals surface area contributed by atoms with Crippen molar-refractivity contribution in [3.8, 4) is 5.75 Å². The van der Waals surface area contributed by atoms with E-state index in [-0.39, 0.29) is 35.2 Å². The van der Waals surface area contributed by atoms with Crippen LogP contribution in [0.2, 0.25) is 0 Å². The van der Waals surface area contributed by atoms with E-state index in [9.17, 15) is 24.8 Å². The summed E-state index contributed by atoms with van der Waals surface area (Å²) in [7, 11) is 1.62. The predicted molar refractivity (Wildman–Crippen MR) is 170 cm³/mol. The number of benzene rings is 3. The van der Waals surface area contributed by atoms with E-state index >= 15 is 0 Å². The van der Waals surface area contributed by atoms with E-state index < -0.39 is 16.8 Å². The van der Waals surface area contributed by atoms with Crippen LogP contribution in [0.5, 0.6) is 5.75 Å². The molecule has 0 radical (unpaired) electrons. The summed E-state index contributed by atoms with van der Waals surface area (Å²) in [6.45, 7) is 4.44. The fourth-order valence-corrected chi connectivity index (χ4v) is 7.29. The van der Waals surface area contributed by atoms with Crippen LogP contribution in [0.15, 0.2) is 77.9 Å². The first-order valence-electron chi connectivity index (χ1n) is 15.2. The summed E-state index contributed by atoms with van der Waals surface area (Å²) in [6.07, 6.45) is 3.66. The van der Waals surface area contributed by atoms with Crippen molar-refractivity contribution < 1.29 is 29.1 Å². The number of anilines is 1. The number of imide groups is 1. The molecule has 2 amide bonds. The van der Waals surface area contributed by atoms with Crippen LogP contribution in [0.4, 0.5) is 11.4 Å². The summed E-state index contributed by atoms with van der Waals surface area (Å²) in [4.78, 5) is 39.5. The second-order valence-corrected chi connectivity index (χ2v) is 12.1. The molecule has 1 aliphatic carbocycles. The summed E-state index contributed by atoms with van der Waals surface area (Å²) in [5.41, 5.74) is 6.93. The monoisotopic (exact) mass is 608 g/mol. The van der Waals surface area contributed by atoms with E-state index in [0.717, 1.165) is 43.9 Å². The summed E-state index contributed by atoms with van der Waals surface area (Å²) in [5.74, 6) is -1.81. The molecular weight excluding hydrogens is 572 g/mol. The van der Waals surface area contributed by atoms with Crippen LogP contribution in [0.25, 0.3) is 11.6 Å². The number of nitro groups is 1. The van der Waals surface area contributed by atoms with Crippen molar-refractivity contribution in [1.82, 2.24) is 0 Å². The minimum atomic E-state index is -0.593. The Bertz CT molecular complexity index is 1710. The second-order valence-electron chi connectivity index (χ2n) is 12.1. The molecule has 0 bridgehead atoms. The molecule has 0 aromatic heterocycles. The maximum Gasteiger partial charge on any atom is 0.271 e. The Hall–Kier alpha value is -4.60. The van der Waals surface area contributed by atoms with E-state index in [0.29, 0.717) is 38.2 Å². The molecule has 45 heavy (non-hydrogen) atoms. The molecule has 3 aromatic rings. The number of methoxy groups -OCH3 is 1. The number of nitrogens with zero attached hydrogens (tertiary/aromatic N) is 2. The van der Waals surface area contributed by atoms with E-state index in [1.54, 1.807) is 13.2 Å². The number of aryl methyl sites for hydroxylation is 2. The fraction of sp³-hybridized carbons (Fsp3) is 0.333. The number of aromatic hydroxyl groups is 1. The van der Waals surface area contributed by atoms with Gasteiger partial charge < -0.3 is 14.6 Å². The first-order chi connectivity index (χ1) is 21.7. The quantitative estimate of drug-likeness (QED) is 0.0981. The highest BCUT2D eigenvalue weighted by Gasteiger charge is 2.57. The molecule has 3 aromatic carbocycles. The van der Waals surface area contributed by atoms with Crippen molar-refractivity contribution in [1.29, 1.82) is 0 Å². The standard InChI is InChI=1S/C36H36N2O7/c1-21-14-23(15-22(2)34(21)39)16-25(24-8-5-4-6-9-24)12-13-31-32-26(19-44-3)17-29-33(30(32)20-45-31)36(41)37(35(29)40)27-10-7-11-28(18-27)38(42)43/h4-11,14-16,18,29-31,33,39H,12-13,17,19-20H2,1-3H3/b25-16-/t29-,30+,31-,33-/m1/s1. The number of carbonyl (C=O) groups excluding carboxylic acids is 2. The van der Waals surface area contributed by atoms with Gasteiger partial charge in [0.2, 0.25) is 11.8 Å². The lowest BCUT2D eigenvalue weighted by Crippen LogP contribution is -2.35. The topological polar surface area (TPSA) is 119 Å². The molecule has 9 nitrogen and oxygen atoms in total. The van der Waals surface area contributed by atoms with Gasteiger partial charge >= 0.3 is 0 Å². The first-order valence-corrected chi connectivity index (χ1v) is 15.2. The number of nitro benzene ring substituents is 1. The average Bonchev–Trinajstić information content (AvgIpc) is 3.56. The van der Waals surface area contributed by atoms with Gasteiger partial charge in [-0.05, 0) is 90.3 Å². The predicted octanol–water partition coefficient (Wildman–Crippen LogP) is 6.41. The Morgan fingerprint density at radius 2 is 1.78 bits per heavy atom. The minimum absolute atomic E-state index is 0.175. The molecule has 232 valence electrons. The zero-order valence-electron chi connectivity index (χ0n) is 25.6. The Labute approximate surface area is 261 Å². The van der Waals surface area contributed by atoms with Gasteiger partial charge in [0.25, 0.3) is 5.69 Å². The fourth-order valence-electron chi connectivity index (χ4n) is 7.29. The van der Waals surface area contributed by atoms with Gasteiger partial charge in [-0.2, -0.15) is 0 Å². The molecule has 0 spiro atoms. The van der Waals surface area contributed by atoms with Gasteiger partial charge in [0.15, 0.2) is 0 Å². The number of rotatable bonds is 9. The second kappa shape index (κ2) is 12.4. The number of ether oxygens (including phenoxy) is 2. The van der Waals surface area contributed by atoms with Crippen LogP contribution in [-0.4, -0.2) is 48.3 Å². The molecule has 9 heteroatoms. The normalized spacial score (nSPS) is 23.0. The third-order valence-corrected chi connectivity index (χ3v) is 9.30. The Morgan fingerprint density at radius 3 is 2.47 bits per heavy atom. The van der Waals surface area contributed by atoms with Gasteiger partial charge in [-0.15, -0.1) is 0 Å². The lowest BCUT2D eigenvalue weighted by Gasteiger charge is -2.31. The molecule has 2 heterocycles. The van der Waals surface area contributed by atoms with E-state index in [2.05, 4.69) is 18.2 Å². The third kappa shape index (κ3) is 5.69. The molecule has 2 aliphatic heterocycles. The zero-order valence-corrected chi connectivity index (χ0v) is 25.6. The van der Waals surface area contributed by atoms with Gasteiger partial charge in [0, 0.05) is 25.2 Å². The SMILES string of the molecule is COCC1=C2[C@@H](CC/C(=C/c3cc(C)c(O)c(C)c3)c3ccccc3)OC[C@@H]2[C@@H]2C(=O)N(c3cccc([N+](=O)[O-])c3)C(=O)[C@@H]2C1. The van der Waals surface area contributed by atoms with Crippen LogP contribution in [-0.2, 0) is 19.1 Å². The van der Waals surface area contributed by atoms with Crippen LogP contribution < -0.4 is 4.90 Å². The van der Waals surface area contributed by atoms with Gasteiger partial charge in [0.1, 0.15) is 5.75 Å². The molecule has 3 aliphatic rings. The molecule has 6 rings (SSSR count). The van der Waals surface area contributed by atoms with E-state index in [4.69, 9.17) is 9.47 Å². The van der Waals surface area contributed by atoms with Crippen molar-refractivity contribution in [2.24, 2.45) is 17.8 Å². The smallest absolute Gasteiger partial charge is 0.271 e. The van der Waals surface area contributed by atoms with Crippen LogP contribution in [0.1, 0.15) is 41.5 Å². The minimum Gasteiger partial charge on any atom is -0.507 e. The van der Waals surface area contributed by atoms with Gasteiger partial charge in [-0.1, -0.05) is 42.5 Å². The third-order valence-electron chi connectivity index (χ3n) is 9.30. The number of phenols is 1. The summed E-state index contributed by atoms with van der Waals surface area (Å²) >= 11 is 0. The highest BCUT2D eigenvalue weighted by Crippen LogP contribution is 2.51. The lowest BCUT2D eigenvalue weighted by molar-refractivity contribution is -0.384. The molecule has 0 saturated carbocycles. The summed E-state index contributed by atoms with van der Waals surface area (Å²) in [5, 5.41) is 21.7. The van der Waals surface area contributed by atoms with Gasteiger partial charge in [-0.3, -0.25) is 19.7 Å². The van der Waals surface area contributed by atoms with Crippen LogP contribution in [0.3, 0.4) is 0 Å². The number of fused-ring (bicyclic) bond motifs is 3. The molecule has 4 atom stereocenters. The van der Waals surface area contributed by atoms with Crippen molar-refractivity contribution in [2.75, 3.05) is 25.2 Å². The Balaban J connectivity index is 1.29. The van der Waals surface area contributed by atoms with Crippen molar-refractivity contribution >= 4 is 34.8 Å². The molecule has 2 saturated heterocycles. The number of phenolic OH excluding ortho intramolecular Hbond substituents is 1. The number of amides is 2. The van der Waals surface area contributed by atoms with Crippen molar-refractivity contribution in [3.05, 3.63) is 110 Å². The van der Waals surface area contributed by atoms with E-state index in [1.165, 1.54) is 18.2 Å². The number of hydrogen-bond acceptors (Lipinski definition) is 7. The Kier molecular flexibility index (Phi) is 8.40. The summed E-state index contributed by atoms with van der Waals surface area (Å²) in [6, 6.07) is 19.8. The molecule has 2 fully saturated rings. The molecular formula is C36H36N2O7. The number of hydrogen-bond donors (Lipinski definition) is 1. The van der Waals surface area contributed by atoms with Gasteiger partial charge in [-0.25, -0.2) is 4.90 Å². The van der Waals surface area contributed by atoms with Crippen molar-refractivity contribution in [3.63, 3.8) is 0 Å². The molecule has 1 N–H and O–H groups in total. The molecule has 0 unspecified atom stereocenters. The maximum atomic E-state index is 13.9. The number of non-ortho nitro benzene ring substituents is 1. The highest BCUT2D eigenvalue weighted by molar-refractivity contribution is 6.22. The van der Waals surface area contributed by atoms with Crippen LogP contribution >= 0.6 is 0 Å². The zero-order chi connectivity index (χ0) is 31.8. The average molecular weight is 609 g/mol. The number of carbonyl (C=O) groups is 2. The van der Waals surface area contributed by atoms with Crippen molar-refractivity contribution in [2.45, 2.75) is 39.2 Å². The van der Waals surface area contributed by atoms with Gasteiger partial charge in [0.05, 0.1) is 41.8 Å². The summed E-state index contributed by atoms with van der Waals surface area (Å²) < 4.78 is 12.0. The lowest BCUT2D eigenvalue weighted by atomic mass is 9.69. The maximum absolute atomic E-state index is 13.9. The largest absolute Gasteiger partial charge is 0.507 e. The Morgan fingerprint density at radius 1 is 1.04 bits per heavy atom. The first kappa shape index (κ1) is 30.4. The highest BCUT2D eigenvalue weighted by atomic mass is 16.6. The van der Waals surface area contributed by atoms with E-state index in [1.807, 2.05) is 44.2 Å².